The number of likely N-dealkylation sites (N-methyl/N-ethyl adjacent to an activating group) is 1. The van der Waals surface area contributed by atoms with Crippen molar-refractivity contribution in [3.05, 3.63) is 27.7 Å². The summed E-state index contributed by atoms with van der Waals surface area (Å²) in [6.07, 6.45) is 7.50. The molecule has 7 rings (SSSR count). The Balaban J connectivity index is 1.34. The summed E-state index contributed by atoms with van der Waals surface area (Å²) in [5.74, 6) is 0.771. The molecular weight excluding hydrogens is 583 g/mol. The molecule has 37 heavy (non-hydrogen) atoms. The monoisotopic (exact) mass is 618 g/mol. The van der Waals surface area contributed by atoms with E-state index in [1.807, 2.05) is 21.6 Å². The lowest BCUT2D eigenvalue weighted by Gasteiger charge is -2.40. The van der Waals surface area contributed by atoms with Crippen molar-refractivity contribution in [2.24, 2.45) is 0 Å². The normalized spacial score (nSPS) is 30.9. The summed E-state index contributed by atoms with van der Waals surface area (Å²) in [6, 6.07) is 5.46. The van der Waals surface area contributed by atoms with Gasteiger partial charge in [0.25, 0.3) is 0 Å². The highest BCUT2D eigenvalue weighted by Gasteiger charge is 2.39. The molecule has 0 aromatic carbocycles. The molecule has 3 aromatic heterocycles. The molecule has 0 radical (unpaired) electrons. The number of hydrogen-bond donors (Lipinski definition) is 1. The van der Waals surface area contributed by atoms with E-state index in [2.05, 4.69) is 57.7 Å². The largest absolute Gasteiger partial charge is 0.369 e. The third-order valence-electron chi connectivity index (χ3n) is 8.41. The maximum atomic E-state index is 6.40. The van der Waals surface area contributed by atoms with Crippen LogP contribution in [-0.2, 0) is 9.47 Å². The fourth-order valence-electron chi connectivity index (χ4n) is 6.48. The molecule has 0 spiro atoms. The number of anilines is 1. The van der Waals surface area contributed by atoms with Gasteiger partial charge in [0.15, 0.2) is 11.5 Å². The van der Waals surface area contributed by atoms with Crippen molar-refractivity contribution >= 4 is 39.3 Å². The van der Waals surface area contributed by atoms with Gasteiger partial charge in [-0.25, -0.2) is 9.67 Å². The van der Waals surface area contributed by atoms with Gasteiger partial charge in [0.1, 0.15) is 16.0 Å². The molecule has 0 saturated carbocycles. The zero-order valence-corrected chi connectivity index (χ0v) is 23.7. The van der Waals surface area contributed by atoms with E-state index in [9.17, 15) is 0 Å². The first-order valence-corrected chi connectivity index (χ1v) is 14.7. The molecule has 1 N–H and O–H groups in total. The van der Waals surface area contributed by atoms with Crippen molar-refractivity contribution in [2.45, 2.75) is 69.5 Å². The topological polar surface area (TPSA) is 85.5 Å². The van der Waals surface area contributed by atoms with Crippen LogP contribution < -0.4 is 10.2 Å². The predicted octanol–water partition coefficient (Wildman–Crippen LogP) is 3.25. The molecule has 3 aromatic rings. The lowest BCUT2D eigenvalue weighted by molar-refractivity contribution is -0.0395. The summed E-state index contributed by atoms with van der Waals surface area (Å²) < 4.78 is 17.2. The van der Waals surface area contributed by atoms with Crippen molar-refractivity contribution in [1.29, 1.82) is 0 Å². The number of morpholine rings is 1. The van der Waals surface area contributed by atoms with Gasteiger partial charge in [-0.15, -0.1) is 0 Å². The van der Waals surface area contributed by atoms with Crippen LogP contribution >= 0.6 is 22.6 Å². The van der Waals surface area contributed by atoms with Crippen LogP contribution in [0.5, 0.6) is 0 Å². The van der Waals surface area contributed by atoms with Gasteiger partial charge in [-0.1, -0.05) is 0 Å². The molecule has 5 atom stereocenters. The van der Waals surface area contributed by atoms with Crippen LogP contribution in [0.4, 0.5) is 5.69 Å². The van der Waals surface area contributed by atoms with Crippen molar-refractivity contribution in [3.8, 4) is 5.82 Å². The fraction of sp³-hybridized carbons (Fsp3) is 0.654. The van der Waals surface area contributed by atoms with Crippen LogP contribution in [0.2, 0.25) is 0 Å². The lowest BCUT2D eigenvalue weighted by atomic mass is 10.0. The number of rotatable bonds is 4. The molecule has 4 fully saturated rings. The number of nitrogens with one attached hydrogen (secondary N) is 1. The van der Waals surface area contributed by atoms with Gasteiger partial charge in [-0.05, 0) is 74.7 Å². The minimum atomic E-state index is -0.0566. The highest BCUT2D eigenvalue weighted by atomic mass is 127. The van der Waals surface area contributed by atoms with Gasteiger partial charge >= 0.3 is 0 Å². The van der Waals surface area contributed by atoms with Gasteiger partial charge in [0, 0.05) is 56.6 Å². The number of halogens is 1. The van der Waals surface area contributed by atoms with Gasteiger partial charge in [0.05, 0.1) is 23.4 Å². The third kappa shape index (κ3) is 4.36. The van der Waals surface area contributed by atoms with E-state index in [1.54, 1.807) is 0 Å². The summed E-state index contributed by atoms with van der Waals surface area (Å²) in [5, 5.41) is 14.7. The maximum absolute atomic E-state index is 6.40. The van der Waals surface area contributed by atoms with Gasteiger partial charge in [0.2, 0.25) is 0 Å². The second-order valence-electron chi connectivity index (χ2n) is 11.0. The third-order valence-corrected chi connectivity index (χ3v) is 9.16. The Morgan fingerprint density at radius 1 is 1.11 bits per heavy atom. The number of fused-ring (bicyclic) bond motifs is 3. The smallest absolute Gasteiger partial charge is 0.177 e. The number of ether oxygens (including phenoxy) is 2. The minimum absolute atomic E-state index is 0.00862. The Kier molecular flexibility index (Phi) is 6.39. The van der Waals surface area contributed by atoms with Crippen molar-refractivity contribution in [1.82, 2.24) is 34.8 Å². The van der Waals surface area contributed by atoms with Crippen molar-refractivity contribution in [2.75, 3.05) is 44.8 Å². The second kappa shape index (κ2) is 9.74. The van der Waals surface area contributed by atoms with E-state index in [0.717, 1.165) is 84.8 Å². The highest BCUT2D eigenvalue weighted by Crippen LogP contribution is 2.39. The Morgan fingerprint density at radius 2 is 2.03 bits per heavy atom. The van der Waals surface area contributed by atoms with E-state index in [1.165, 1.54) is 12.1 Å². The zero-order valence-electron chi connectivity index (χ0n) is 21.5. The average molecular weight is 619 g/mol. The SMILES string of the molecule is C[C@@H]1CN(C)CCN1c1cc(C2OCC3CCC2N3)nc2c1c(I)nn2-c1ccn(C2CCCCO2)n1. The Morgan fingerprint density at radius 3 is 2.86 bits per heavy atom. The van der Waals surface area contributed by atoms with Crippen LogP contribution in [0.15, 0.2) is 18.3 Å². The summed E-state index contributed by atoms with van der Waals surface area (Å²) in [4.78, 5) is 10.2. The Labute approximate surface area is 230 Å². The molecule has 4 unspecified atom stereocenters. The Bertz CT molecular complexity index is 1290. The first kappa shape index (κ1) is 24.3. The van der Waals surface area contributed by atoms with E-state index in [4.69, 9.17) is 24.7 Å². The van der Waals surface area contributed by atoms with Crippen molar-refractivity contribution < 1.29 is 9.47 Å². The van der Waals surface area contributed by atoms with E-state index in [0.29, 0.717) is 18.1 Å². The quantitative estimate of drug-likeness (QED) is 0.447. The van der Waals surface area contributed by atoms with Gasteiger partial charge in [-0.3, -0.25) is 0 Å². The summed E-state index contributed by atoms with van der Waals surface area (Å²) in [5.41, 5.74) is 3.04. The number of aromatic nitrogens is 5. The standard InChI is InChI=1S/C26H35IN8O2/c1-16-14-32(2)10-11-33(16)20-13-19(24-18-7-6-17(28-18)15-37-24)29-26-23(20)25(27)31-35(26)21-8-9-34(30-21)22-5-3-4-12-36-22/h8-9,13,16-18,22,24,28H,3-7,10-12,14-15H2,1-2H3/t16-,17?,18?,22?,24?/m1/s1. The van der Waals surface area contributed by atoms with Crippen LogP contribution in [0.1, 0.15) is 57.1 Å². The molecule has 198 valence electrons. The van der Waals surface area contributed by atoms with Crippen LogP contribution in [-0.4, -0.2) is 87.5 Å². The lowest BCUT2D eigenvalue weighted by Crippen LogP contribution is -2.50. The molecule has 0 aliphatic carbocycles. The van der Waals surface area contributed by atoms with Gasteiger partial charge in [-0.2, -0.15) is 14.9 Å². The molecule has 4 saturated heterocycles. The molecule has 4 aliphatic rings. The molecular formula is C26H35IN8O2. The zero-order chi connectivity index (χ0) is 25.1. The first-order chi connectivity index (χ1) is 18.0. The Hall–Kier alpha value is -1.80. The number of piperazine rings is 1. The fourth-order valence-corrected chi connectivity index (χ4v) is 7.22. The number of nitrogens with zero attached hydrogens (tertiary/aromatic N) is 7. The summed E-state index contributed by atoms with van der Waals surface area (Å²) in [7, 11) is 2.20. The van der Waals surface area contributed by atoms with E-state index < -0.39 is 0 Å². The summed E-state index contributed by atoms with van der Waals surface area (Å²) in [6.45, 7) is 6.87. The number of hydrogen-bond acceptors (Lipinski definition) is 8. The molecule has 2 bridgehead atoms. The highest BCUT2D eigenvalue weighted by molar-refractivity contribution is 14.1. The van der Waals surface area contributed by atoms with E-state index >= 15 is 0 Å². The molecule has 0 amide bonds. The minimum Gasteiger partial charge on any atom is -0.369 e. The molecule has 7 heterocycles. The van der Waals surface area contributed by atoms with E-state index in [-0.39, 0.29) is 12.3 Å². The predicted molar refractivity (Wildman–Crippen MR) is 149 cm³/mol. The molecule has 10 nitrogen and oxygen atoms in total. The van der Waals surface area contributed by atoms with Crippen LogP contribution in [0, 0.1) is 3.70 Å². The van der Waals surface area contributed by atoms with Crippen LogP contribution in [0.3, 0.4) is 0 Å². The summed E-state index contributed by atoms with van der Waals surface area (Å²) >= 11 is 2.36. The van der Waals surface area contributed by atoms with Gasteiger partial charge < -0.3 is 24.6 Å². The maximum Gasteiger partial charge on any atom is 0.177 e. The van der Waals surface area contributed by atoms with Crippen LogP contribution in [0.25, 0.3) is 16.9 Å². The second-order valence-corrected chi connectivity index (χ2v) is 12.1. The molecule has 11 heteroatoms. The average Bonchev–Trinajstić information content (AvgIpc) is 3.62. The number of pyridine rings is 1. The first-order valence-electron chi connectivity index (χ1n) is 13.6. The van der Waals surface area contributed by atoms with Crippen molar-refractivity contribution in [3.63, 3.8) is 0 Å². The molecule has 4 aliphatic heterocycles.